The minimum absolute atomic E-state index is 0.221. The van der Waals surface area contributed by atoms with Crippen molar-refractivity contribution in [2.75, 3.05) is 0 Å². The molecular formula is C10H16O. The fourth-order valence-electron chi connectivity index (χ4n) is 1.54. The van der Waals surface area contributed by atoms with Crippen molar-refractivity contribution in [1.82, 2.24) is 0 Å². The van der Waals surface area contributed by atoms with Crippen molar-refractivity contribution < 1.29 is 5.11 Å². The summed E-state index contributed by atoms with van der Waals surface area (Å²) in [4.78, 5) is 0. The highest BCUT2D eigenvalue weighted by atomic mass is 16.3. The van der Waals surface area contributed by atoms with Gasteiger partial charge in [0.2, 0.25) is 0 Å². The summed E-state index contributed by atoms with van der Waals surface area (Å²) in [6, 6.07) is 0. The summed E-state index contributed by atoms with van der Waals surface area (Å²) in [6.45, 7) is 8.05. The van der Waals surface area contributed by atoms with Crippen molar-refractivity contribution in [3.8, 4) is 0 Å². The van der Waals surface area contributed by atoms with Gasteiger partial charge in [0.15, 0.2) is 0 Å². The normalized spacial score (nSPS) is 31.3. The van der Waals surface area contributed by atoms with Crippen LogP contribution in [0.25, 0.3) is 0 Å². The number of allylic oxidation sites excluding steroid dienone is 2. The van der Waals surface area contributed by atoms with Gasteiger partial charge in [-0.15, -0.1) is 0 Å². The molecule has 0 aromatic heterocycles. The van der Waals surface area contributed by atoms with Gasteiger partial charge in [-0.1, -0.05) is 19.1 Å². The highest BCUT2D eigenvalue weighted by molar-refractivity contribution is 5.14. The first kappa shape index (κ1) is 8.38. The van der Waals surface area contributed by atoms with Gasteiger partial charge in [0, 0.05) is 5.92 Å². The van der Waals surface area contributed by atoms with Gasteiger partial charge in [-0.2, -0.15) is 0 Å². The highest BCUT2D eigenvalue weighted by Gasteiger charge is 2.21. The molecule has 1 heteroatoms. The molecule has 1 nitrogen and oxygen atoms in total. The van der Waals surface area contributed by atoms with Crippen molar-refractivity contribution >= 4 is 0 Å². The van der Waals surface area contributed by atoms with Gasteiger partial charge in [0.25, 0.3) is 0 Å². The maximum atomic E-state index is 9.46. The van der Waals surface area contributed by atoms with Crippen LogP contribution in [0.1, 0.15) is 26.7 Å². The second kappa shape index (κ2) is 3.12. The summed E-state index contributed by atoms with van der Waals surface area (Å²) in [5.41, 5.74) is 1.07. The first-order chi connectivity index (χ1) is 5.11. The molecule has 0 aliphatic heterocycles. The standard InChI is InChI=1S/C10H16O/c1-7(2)9-6-8(3)4-5-10(9)11/h5,8-9,11H,1,4,6H2,2-3H3. The van der Waals surface area contributed by atoms with E-state index in [0.29, 0.717) is 11.7 Å². The summed E-state index contributed by atoms with van der Waals surface area (Å²) < 4.78 is 0. The molecule has 1 aliphatic carbocycles. The Kier molecular flexibility index (Phi) is 2.38. The van der Waals surface area contributed by atoms with E-state index >= 15 is 0 Å². The highest BCUT2D eigenvalue weighted by Crippen LogP contribution is 2.31. The number of hydrogen-bond donors (Lipinski definition) is 1. The van der Waals surface area contributed by atoms with E-state index in [1.54, 1.807) is 0 Å². The van der Waals surface area contributed by atoms with E-state index in [2.05, 4.69) is 13.5 Å². The molecule has 0 saturated heterocycles. The Morgan fingerprint density at radius 3 is 2.82 bits per heavy atom. The number of aliphatic hydroxyl groups is 1. The molecule has 0 bridgehead atoms. The zero-order chi connectivity index (χ0) is 8.43. The van der Waals surface area contributed by atoms with E-state index in [1.165, 1.54) is 0 Å². The molecule has 0 aromatic rings. The smallest absolute Gasteiger partial charge is 0.0954 e. The molecule has 0 spiro atoms. The third-order valence-electron chi connectivity index (χ3n) is 2.32. The molecule has 0 aromatic carbocycles. The molecule has 0 amide bonds. The van der Waals surface area contributed by atoms with Crippen LogP contribution in [0.2, 0.25) is 0 Å². The van der Waals surface area contributed by atoms with Crippen molar-refractivity contribution in [3.05, 3.63) is 24.0 Å². The van der Waals surface area contributed by atoms with Crippen molar-refractivity contribution in [1.29, 1.82) is 0 Å². The maximum absolute atomic E-state index is 9.46. The Morgan fingerprint density at radius 2 is 2.36 bits per heavy atom. The van der Waals surface area contributed by atoms with Gasteiger partial charge < -0.3 is 5.11 Å². The minimum Gasteiger partial charge on any atom is -0.512 e. The zero-order valence-corrected chi connectivity index (χ0v) is 7.30. The Labute approximate surface area is 68.4 Å². The lowest BCUT2D eigenvalue weighted by Gasteiger charge is -2.24. The second-order valence-electron chi connectivity index (χ2n) is 3.60. The lowest BCUT2D eigenvalue weighted by Crippen LogP contribution is -2.14. The first-order valence-corrected chi connectivity index (χ1v) is 4.15. The van der Waals surface area contributed by atoms with Crippen LogP contribution in [0.4, 0.5) is 0 Å². The molecule has 1 N–H and O–H groups in total. The van der Waals surface area contributed by atoms with Gasteiger partial charge in [0.1, 0.15) is 0 Å². The fraction of sp³-hybridized carbons (Fsp3) is 0.600. The minimum atomic E-state index is 0.221. The third-order valence-corrected chi connectivity index (χ3v) is 2.32. The lowest BCUT2D eigenvalue weighted by atomic mass is 9.83. The Hall–Kier alpha value is -0.720. The average molecular weight is 152 g/mol. The van der Waals surface area contributed by atoms with Crippen molar-refractivity contribution in [2.45, 2.75) is 26.7 Å². The maximum Gasteiger partial charge on any atom is 0.0954 e. The zero-order valence-electron chi connectivity index (χ0n) is 7.30. The summed E-state index contributed by atoms with van der Waals surface area (Å²) in [5.74, 6) is 1.43. The van der Waals surface area contributed by atoms with Gasteiger partial charge >= 0.3 is 0 Å². The number of rotatable bonds is 1. The Bertz CT molecular complexity index is 191. The fourth-order valence-corrected chi connectivity index (χ4v) is 1.54. The summed E-state index contributed by atoms with van der Waals surface area (Å²) in [6.07, 6.45) is 3.99. The van der Waals surface area contributed by atoms with Crippen LogP contribution in [-0.2, 0) is 0 Å². The van der Waals surface area contributed by atoms with Crippen molar-refractivity contribution in [2.24, 2.45) is 11.8 Å². The number of hydrogen-bond acceptors (Lipinski definition) is 1. The summed E-state index contributed by atoms with van der Waals surface area (Å²) in [7, 11) is 0. The van der Waals surface area contributed by atoms with E-state index in [1.807, 2.05) is 13.0 Å². The van der Waals surface area contributed by atoms with E-state index in [0.717, 1.165) is 18.4 Å². The quantitative estimate of drug-likeness (QED) is 0.572. The van der Waals surface area contributed by atoms with Gasteiger partial charge in [-0.05, 0) is 31.8 Å². The lowest BCUT2D eigenvalue weighted by molar-refractivity contribution is 0.294. The second-order valence-corrected chi connectivity index (χ2v) is 3.60. The van der Waals surface area contributed by atoms with Gasteiger partial charge in [-0.25, -0.2) is 0 Å². The van der Waals surface area contributed by atoms with Crippen LogP contribution in [0.15, 0.2) is 24.0 Å². The predicted molar refractivity (Wildman–Crippen MR) is 47.4 cm³/mol. The molecular weight excluding hydrogens is 136 g/mol. The van der Waals surface area contributed by atoms with Gasteiger partial charge in [0.05, 0.1) is 5.76 Å². The predicted octanol–water partition coefficient (Wildman–Crippen LogP) is 3.05. The first-order valence-electron chi connectivity index (χ1n) is 4.15. The third kappa shape index (κ3) is 1.86. The molecule has 2 unspecified atom stereocenters. The number of aliphatic hydroxyl groups excluding tert-OH is 1. The SMILES string of the molecule is C=C(C)C1CC(C)CC=C1O. The van der Waals surface area contributed by atoms with E-state index in [4.69, 9.17) is 0 Å². The van der Waals surface area contributed by atoms with Crippen LogP contribution < -0.4 is 0 Å². The van der Waals surface area contributed by atoms with Crippen LogP contribution in [0.5, 0.6) is 0 Å². The summed E-state index contributed by atoms with van der Waals surface area (Å²) >= 11 is 0. The van der Waals surface area contributed by atoms with E-state index in [-0.39, 0.29) is 5.92 Å². The van der Waals surface area contributed by atoms with Crippen LogP contribution in [0.3, 0.4) is 0 Å². The Morgan fingerprint density at radius 1 is 1.73 bits per heavy atom. The molecule has 2 atom stereocenters. The van der Waals surface area contributed by atoms with E-state index in [9.17, 15) is 5.11 Å². The van der Waals surface area contributed by atoms with Gasteiger partial charge in [-0.3, -0.25) is 0 Å². The monoisotopic (exact) mass is 152 g/mol. The van der Waals surface area contributed by atoms with Crippen LogP contribution in [0, 0.1) is 11.8 Å². The largest absolute Gasteiger partial charge is 0.512 e. The molecule has 0 heterocycles. The molecule has 0 saturated carbocycles. The topological polar surface area (TPSA) is 20.2 Å². The van der Waals surface area contributed by atoms with E-state index < -0.39 is 0 Å². The van der Waals surface area contributed by atoms with Crippen LogP contribution in [-0.4, -0.2) is 5.11 Å². The van der Waals surface area contributed by atoms with Crippen molar-refractivity contribution in [3.63, 3.8) is 0 Å². The Balaban J connectivity index is 2.71. The summed E-state index contributed by atoms with van der Waals surface area (Å²) in [5, 5.41) is 9.46. The molecule has 1 rings (SSSR count). The molecule has 62 valence electrons. The molecule has 11 heavy (non-hydrogen) atoms. The molecule has 0 radical (unpaired) electrons. The molecule has 1 aliphatic rings. The molecule has 0 fully saturated rings. The average Bonchev–Trinajstić information content (AvgIpc) is 1.94. The van der Waals surface area contributed by atoms with Crippen LogP contribution >= 0.6 is 0 Å².